The second kappa shape index (κ2) is 4.23. The number of amides is 1. The molecule has 5 heteroatoms. The molecule has 0 radical (unpaired) electrons. The summed E-state index contributed by atoms with van der Waals surface area (Å²) in [6.45, 7) is 0. The summed E-state index contributed by atoms with van der Waals surface area (Å²) in [6, 6.07) is 5.98. The van der Waals surface area contributed by atoms with Gasteiger partial charge in [-0.2, -0.15) is 0 Å². The minimum Gasteiger partial charge on any atom is -0.290 e. The van der Waals surface area contributed by atoms with Gasteiger partial charge in [-0.3, -0.25) is 14.7 Å². The number of aromatic nitrogens is 1. The van der Waals surface area contributed by atoms with Crippen LogP contribution in [0.4, 0.5) is 0 Å². The van der Waals surface area contributed by atoms with E-state index in [4.69, 9.17) is 12.2 Å². The third-order valence-corrected chi connectivity index (χ3v) is 4.03. The zero-order valence-corrected chi connectivity index (χ0v) is 10.6. The summed E-state index contributed by atoms with van der Waals surface area (Å²) in [5.74, 6) is 0.0353. The molecule has 17 heavy (non-hydrogen) atoms. The van der Waals surface area contributed by atoms with Crippen LogP contribution in [0.15, 0.2) is 29.3 Å². The van der Waals surface area contributed by atoms with Gasteiger partial charge in [0.1, 0.15) is 4.32 Å². The fourth-order valence-electron chi connectivity index (χ4n) is 1.72. The van der Waals surface area contributed by atoms with E-state index < -0.39 is 0 Å². The molecule has 0 bridgehead atoms. The molecule has 1 saturated carbocycles. The van der Waals surface area contributed by atoms with Gasteiger partial charge in [0.25, 0.3) is 5.91 Å². The van der Waals surface area contributed by atoms with E-state index in [0.29, 0.717) is 15.3 Å². The third kappa shape index (κ3) is 2.12. The minimum absolute atomic E-state index is 0.0353. The lowest BCUT2D eigenvalue weighted by Gasteiger charge is -2.11. The minimum atomic E-state index is 0.0353. The van der Waals surface area contributed by atoms with Crippen molar-refractivity contribution in [1.82, 2.24) is 9.88 Å². The summed E-state index contributed by atoms with van der Waals surface area (Å²) in [5, 5.41) is 0. The Morgan fingerprint density at radius 3 is 2.94 bits per heavy atom. The van der Waals surface area contributed by atoms with E-state index in [-0.39, 0.29) is 5.91 Å². The number of thiocarbonyl (C=S) groups is 1. The van der Waals surface area contributed by atoms with Crippen molar-refractivity contribution in [2.75, 3.05) is 0 Å². The smallest absolute Gasteiger partial charge is 0.266 e. The Morgan fingerprint density at radius 2 is 2.29 bits per heavy atom. The van der Waals surface area contributed by atoms with E-state index in [9.17, 15) is 4.79 Å². The molecule has 0 N–H and O–H groups in total. The van der Waals surface area contributed by atoms with Crippen LogP contribution in [0.1, 0.15) is 18.5 Å². The van der Waals surface area contributed by atoms with Gasteiger partial charge in [-0.15, -0.1) is 0 Å². The molecule has 0 atom stereocenters. The Kier molecular flexibility index (Phi) is 2.72. The summed E-state index contributed by atoms with van der Waals surface area (Å²) >= 11 is 6.61. The average Bonchev–Trinajstić information content (AvgIpc) is 3.10. The molecule has 0 unspecified atom stereocenters. The number of nitrogens with zero attached hydrogens (tertiary/aromatic N) is 2. The summed E-state index contributed by atoms with van der Waals surface area (Å²) < 4.78 is 0.680. The fourth-order valence-corrected chi connectivity index (χ4v) is 3.11. The van der Waals surface area contributed by atoms with E-state index >= 15 is 0 Å². The highest BCUT2D eigenvalue weighted by Crippen LogP contribution is 2.39. The normalized spacial score (nSPS) is 22.6. The Balaban J connectivity index is 1.88. The Morgan fingerprint density at radius 1 is 1.47 bits per heavy atom. The predicted octanol–water partition coefficient (Wildman–Crippen LogP) is 2.45. The topological polar surface area (TPSA) is 33.2 Å². The first-order valence-electron chi connectivity index (χ1n) is 5.44. The van der Waals surface area contributed by atoms with E-state index in [0.717, 1.165) is 18.5 Å². The van der Waals surface area contributed by atoms with Crippen molar-refractivity contribution in [3.8, 4) is 0 Å². The monoisotopic (exact) mass is 262 g/mol. The van der Waals surface area contributed by atoms with Gasteiger partial charge in [-0.25, -0.2) is 0 Å². The summed E-state index contributed by atoms with van der Waals surface area (Å²) in [6.07, 6.45) is 5.67. The number of hydrogen-bond donors (Lipinski definition) is 0. The highest BCUT2D eigenvalue weighted by atomic mass is 32.2. The van der Waals surface area contributed by atoms with Gasteiger partial charge in [-0.05, 0) is 31.1 Å². The van der Waals surface area contributed by atoms with Gasteiger partial charge < -0.3 is 0 Å². The number of pyridine rings is 1. The molecule has 0 spiro atoms. The Hall–Kier alpha value is -1.20. The summed E-state index contributed by atoms with van der Waals surface area (Å²) in [7, 11) is 0. The molecule has 1 aliphatic heterocycles. The van der Waals surface area contributed by atoms with Gasteiger partial charge in [-0.1, -0.05) is 30.0 Å². The number of hydrogen-bond acceptors (Lipinski definition) is 4. The average molecular weight is 262 g/mol. The lowest BCUT2D eigenvalue weighted by atomic mass is 10.3. The van der Waals surface area contributed by atoms with Gasteiger partial charge >= 0.3 is 0 Å². The van der Waals surface area contributed by atoms with Crippen LogP contribution in [-0.2, 0) is 4.79 Å². The molecule has 86 valence electrons. The molecular weight excluding hydrogens is 252 g/mol. The Bertz CT molecular complexity index is 508. The zero-order chi connectivity index (χ0) is 11.8. The molecule has 2 heterocycles. The van der Waals surface area contributed by atoms with E-state index in [1.807, 2.05) is 24.3 Å². The maximum atomic E-state index is 12.1. The standard InChI is InChI=1S/C12H10N2OS2/c15-11-10(7-8-3-1-2-6-13-8)17-12(16)14(11)9-4-5-9/h1-3,6-7,9H,4-5H2. The fraction of sp³-hybridized carbons (Fsp3) is 0.250. The largest absolute Gasteiger partial charge is 0.290 e. The molecule has 1 aromatic heterocycles. The van der Waals surface area contributed by atoms with Crippen molar-refractivity contribution in [2.45, 2.75) is 18.9 Å². The maximum absolute atomic E-state index is 12.1. The van der Waals surface area contributed by atoms with Crippen molar-refractivity contribution in [1.29, 1.82) is 0 Å². The quantitative estimate of drug-likeness (QED) is 0.605. The van der Waals surface area contributed by atoms with E-state index in [1.54, 1.807) is 11.1 Å². The van der Waals surface area contributed by atoms with Crippen LogP contribution in [0.5, 0.6) is 0 Å². The highest BCUT2D eigenvalue weighted by molar-refractivity contribution is 8.26. The lowest BCUT2D eigenvalue weighted by molar-refractivity contribution is -0.122. The van der Waals surface area contributed by atoms with Gasteiger partial charge in [0.2, 0.25) is 0 Å². The highest BCUT2D eigenvalue weighted by Gasteiger charge is 2.41. The molecule has 1 amide bonds. The molecule has 1 aromatic rings. The van der Waals surface area contributed by atoms with Crippen molar-refractivity contribution in [3.63, 3.8) is 0 Å². The van der Waals surface area contributed by atoms with Crippen LogP contribution in [0.2, 0.25) is 0 Å². The molecule has 3 nitrogen and oxygen atoms in total. The first-order valence-corrected chi connectivity index (χ1v) is 6.66. The van der Waals surface area contributed by atoms with Crippen LogP contribution in [0.25, 0.3) is 6.08 Å². The maximum Gasteiger partial charge on any atom is 0.266 e. The van der Waals surface area contributed by atoms with E-state index in [1.165, 1.54) is 11.8 Å². The van der Waals surface area contributed by atoms with Gasteiger partial charge in [0.15, 0.2) is 0 Å². The number of carbonyl (C=O) groups excluding carboxylic acids is 1. The van der Waals surface area contributed by atoms with Crippen LogP contribution in [0, 0.1) is 0 Å². The second-order valence-electron chi connectivity index (χ2n) is 4.04. The van der Waals surface area contributed by atoms with Crippen LogP contribution < -0.4 is 0 Å². The molecule has 0 aromatic carbocycles. The number of carbonyl (C=O) groups is 1. The molecule has 1 saturated heterocycles. The van der Waals surface area contributed by atoms with Gasteiger partial charge in [0.05, 0.1) is 10.6 Å². The third-order valence-electron chi connectivity index (χ3n) is 2.70. The van der Waals surface area contributed by atoms with Crippen LogP contribution >= 0.6 is 24.0 Å². The summed E-state index contributed by atoms with van der Waals surface area (Å²) in [4.78, 5) is 18.7. The van der Waals surface area contributed by atoms with Crippen molar-refractivity contribution in [3.05, 3.63) is 35.0 Å². The molecular formula is C12H10N2OS2. The lowest BCUT2D eigenvalue weighted by Crippen LogP contribution is -2.30. The first-order chi connectivity index (χ1) is 8.25. The van der Waals surface area contributed by atoms with Gasteiger partial charge in [0, 0.05) is 12.2 Å². The predicted molar refractivity (Wildman–Crippen MR) is 72.3 cm³/mol. The Labute approximate surface area is 109 Å². The zero-order valence-electron chi connectivity index (χ0n) is 9.00. The van der Waals surface area contributed by atoms with Crippen molar-refractivity contribution >= 4 is 40.3 Å². The van der Waals surface area contributed by atoms with Crippen molar-refractivity contribution < 1.29 is 4.79 Å². The molecule has 2 aliphatic rings. The number of thioether (sulfide) groups is 1. The van der Waals surface area contributed by atoms with Crippen LogP contribution in [0.3, 0.4) is 0 Å². The summed E-state index contributed by atoms with van der Waals surface area (Å²) in [5.41, 5.74) is 0.795. The SMILES string of the molecule is O=C1C(=Cc2ccccn2)SC(=S)N1C1CC1. The first kappa shape index (κ1) is 10.9. The van der Waals surface area contributed by atoms with Crippen LogP contribution in [-0.4, -0.2) is 26.2 Å². The van der Waals surface area contributed by atoms with E-state index in [2.05, 4.69) is 4.98 Å². The number of rotatable bonds is 2. The van der Waals surface area contributed by atoms with Crippen molar-refractivity contribution in [2.24, 2.45) is 0 Å². The second-order valence-corrected chi connectivity index (χ2v) is 5.71. The molecule has 1 aliphatic carbocycles. The molecule has 2 fully saturated rings. The molecule has 3 rings (SSSR count).